The van der Waals surface area contributed by atoms with Crippen LogP contribution in [0.3, 0.4) is 0 Å². The van der Waals surface area contributed by atoms with Crippen LogP contribution in [0.2, 0.25) is 0 Å². The van der Waals surface area contributed by atoms with Gasteiger partial charge in [0.1, 0.15) is 0 Å². The third-order valence-corrected chi connectivity index (χ3v) is 1.46. The lowest BCUT2D eigenvalue weighted by atomic mass is 10.1. The minimum Gasteiger partial charge on any atom is -0.299 e. The summed E-state index contributed by atoms with van der Waals surface area (Å²) in [5.41, 5.74) is 1.19. The van der Waals surface area contributed by atoms with E-state index in [1.807, 2.05) is 24.3 Å². The van der Waals surface area contributed by atoms with Crippen molar-refractivity contribution in [3.05, 3.63) is 36.6 Å². The molecule has 0 aromatic carbocycles. The van der Waals surface area contributed by atoms with E-state index in [1.54, 1.807) is 12.3 Å². The molecule has 0 aromatic rings. The summed E-state index contributed by atoms with van der Waals surface area (Å²) in [5.74, 6) is 0. The van der Waals surface area contributed by atoms with Gasteiger partial charge < -0.3 is 0 Å². The SMILES string of the molecule is CC/C=C\N=C1C=CC=CC1=N. The molecule has 0 spiro atoms. The molecule has 0 fully saturated rings. The van der Waals surface area contributed by atoms with Gasteiger partial charge in [-0.1, -0.05) is 25.2 Å². The van der Waals surface area contributed by atoms with E-state index in [2.05, 4.69) is 11.9 Å². The molecule has 1 rings (SSSR count). The van der Waals surface area contributed by atoms with Crippen LogP contribution in [0, 0.1) is 5.41 Å². The maximum Gasteiger partial charge on any atom is 0.0878 e. The van der Waals surface area contributed by atoms with Crippen molar-refractivity contribution in [1.82, 2.24) is 0 Å². The highest BCUT2D eigenvalue weighted by atomic mass is 14.7. The van der Waals surface area contributed by atoms with Gasteiger partial charge >= 0.3 is 0 Å². The van der Waals surface area contributed by atoms with Gasteiger partial charge in [-0.15, -0.1) is 0 Å². The van der Waals surface area contributed by atoms with Crippen LogP contribution in [0.15, 0.2) is 41.6 Å². The molecule has 0 atom stereocenters. The second kappa shape index (κ2) is 4.44. The van der Waals surface area contributed by atoms with E-state index in [0.717, 1.165) is 12.1 Å². The average Bonchev–Trinajstić information content (AvgIpc) is 2.09. The average molecular weight is 160 g/mol. The van der Waals surface area contributed by atoms with Crippen molar-refractivity contribution in [3.8, 4) is 0 Å². The molecule has 0 aliphatic heterocycles. The molecule has 1 aliphatic carbocycles. The number of allylic oxidation sites excluding steroid dienone is 5. The summed E-state index contributed by atoms with van der Waals surface area (Å²) in [4.78, 5) is 4.13. The molecule has 0 amide bonds. The topological polar surface area (TPSA) is 36.2 Å². The first kappa shape index (κ1) is 8.65. The summed E-state index contributed by atoms with van der Waals surface area (Å²) in [6, 6.07) is 0. The Bertz CT molecular complexity index is 280. The smallest absolute Gasteiger partial charge is 0.0878 e. The standard InChI is InChI=1S/C10H12N2/c1-2-3-8-12-10-7-5-4-6-9(10)11/h3-8,11H,2H2,1H3/b8-3-,11-9?,12-10?. The Morgan fingerprint density at radius 2 is 2.17 bits per heavy atom. The van der Waals surface area contributed by atoms with Crippen molar-refractivity contribution in [2.45, 2.75) is 13.3 Å². The minimum atomic E-state index is 0.471. The Hall–Kier alpha value is -1.44. The highest BCUT2D eigenvalue weighted by molar-refractivity contribution is 6.50. The molecule has 0 radical (unpaired) electrons. The van der Waals surface area contributed by atoms with Crippen molar-refractivity contribution in [2.24, 2.45) is 4.99 Å². The van der Waals surface area contributed by atoms with Crippen LogP contribution in [0.4, 0.5) is 0 Å². The quantitative estimate of drug-likeness (QED) is 0.602. The van der Waals surface area contributed by atoms with Crippen molar-refractivity contribution < 1.29 is 0 Å². The first-order valence-electron chi connectivity index (χ1n) is 4.01. The molecule has 1 aliphatic rings. The van der Waals surface area contributed by atoms with Gasteiger partial charge in [-0.2, -0.15) is 0 Å². The van der Waals surface area contributed by atoms with Crippen LogP contribution in [-0.4, -0.2) is 11.4 Å². The summed E-state index contributed by atoms with van der Waals surface area (Å²) < 4.78 is 0. The Morgan fingerprint density at radius 1 is 1.42 bits per heavy atom. The second-order valence-corrected chi connectivity index (χ2v) is 2.44. The second-order valence-electron chi connectivity index (χ2n) is 2.44. The third-order valence-electron chi connectivity index (χ3n) is 1.46. The zero-order valence-electron chi connectivity index (χ0n) is 7.12. The van der Waals surface area contributed by atoms with Crippen LogP contribution < -0.4 is 0 Å². The maximum absolute atomic E-state index is 7.48. The number of hydrogen-bond acceptors (Lipinski definition) is 2. The zero-order valence-corrected chi connectivity index (χ0v) is 7.12. The maximum atomic E-state index is 7.48. The summed E-state index contributed by atoms with van der Waals surface area (Å²) in [7, 11) is 0. The zero-order chi connectivity index (χ0) is 8.81. The molecule has 0 bridgehead atoms. The fourth-order valence-electron chi connectivity index (χ4n) is 0.825. The fourth-order valence-corrected chi connectivity index (χ4v) is 0.825. The molecule has 62 valence electrons. The van der Waals surface area contributed by atoms with E-state index >= 15 is 0 Å². The summed E-state index contributed by atoms with van der Waals surface area (Å²) in [6.07, 6.45) is 12.0. The van der Waals surface area contributed by atoms with Crippen LogP contribution in [0.5, 0.6) is 0 Å². The molecule has 2 nitrogen and oxygen atoms in total. The van der Waals surface area contributed by atoms with Gasteiger partial charge in [0.15, 0.2) is 0 Å². The van der Waals surface area contributed by atoms with Crippen LogP contribution in [0.1, 0.15) is 13.3 Å². The number of nitrogens with one attached hydrogen (secondary N) is 1. The fraction of sp³-hybridized carbons (Fsp3) is 0.200. The molecule has 1 N–H and O–H groups in total. The van der Waals surface area contributed by atoms with Crippen molar-refractivity contribution >= 4 is 11.4 Å². The van der Waals surface area contributed by atoms with Gasteiger partial charge in [0.2, 0.25) is 0 Å². The summed E-state index contributed by atoms with van der Waals surface area (Å²) in [6.45, 7) is 2.05. The lowest BCUT2D eigenvalue weighted by Gasteiger charge is -1.99. The predicted molar refractivity (Wildman–Crippen MR) is 52.9 cm³/mol. The first-order chi connectivity index (χ1) is 5.84. The van der Waals surface area contributed by atoms with E-state index in [0.29, 0.717) is 5.71 Å². The van der Waals surface area contributed by atoms with Gasteiger partial charge in [0, 0.05) is 6.20 Å². The van der Waals surface area contributed by atoms with Crippen LogP contribution >= 0.6 is 0 Å². The molecular weight excluding hydrogens is 148 g/mol. The highest BCUT2D eigenvalue weighted by Gasteiger charge is 2.00. The van der Waals surface area contributed by atoms with Gasteiger partial charge in [0.25, 0.3) is 0 Å². The van der Waals surface area contributed by atoms with E-state index in [1.165, 1.54) is 0 Å². The minimum absolute atomic E-state index is 0.471. The molecule has 0 unspecified atom stereocenters. The molecule has 0 aromatic heterocycles. The number of aliphatic imine (C=N–C) groups is 1. The Balaban J connectivity index is 2.69. The predicted octanol–water partition coefficient (Wildman–Crippen LogP) is 2.50. The van der Waals surface area contributed by atoms with Gasteiger partial charge in [-0.05, 0) is 18.6 Å². The van der Waals surface area contributed by atoms with E-state index in [4.69, 9.17) is 5.41 Å². The van der Waals surface area contributed by atoms with Crippen molar-refractivity contribution in [2.75, 3.05) is 0 Å². The van der Waals surface area contributed by atoms with Gasteiger partial charge in [-0.3, -0.25) is 10.4 Å². The largest absolute Gasteiger partial charge is 0.299 e. The van der Waals surface area contributed by atoms with Gasteiger partial charge in [-0.25, -0.2) is 0 Å². The third kappa shape index (κ3) is 2.31. The molecule has 12 heavy (non-hydrogen) atoms. The molecule has 2 heteroatoms. The molecular formula is C10H12N2. The van der Waals surface area contributed by atoms with Gasteiger partial charge in [0.05, 0.1) is 11.4 Å². The lowest BCUT2D eigenvalue weighted by molar-refractivity contribution is 1.21. The first-order valence-corrected chi connectivity index (χ1v) is 4.01. The normalized spacial score (nSPS) is 19.8. The van der Waals surface area contributed by atoms with Crippen LogP contribution in [-0.2, 0) is 0 Å². The van der Waals surface area contributed by atoms with E-state index in [9.17, 15) is 0 Å². The number of rotatable bonds is 2. The number of nitrogens with zero attached hydrogens (tertiary/aromatic N) is 1. The highest BCUT2D eigenvalue weighted by Crippen LogP contribution is 1.96. The van der Waals surface area contributed by atoms with Crippen molar-refractivity contribution in [1.29, 1.82) is 5.41 Å². The van der Waals surface area contributed by atoms with Crippen LogP contribution in [0.25, 0.3) is 0 Å². The van der Waals surface area contributed by atoms with E-state index < -0.39 is 0 Å². The lowest BCUT2D eigenvalue weighted by Crippen LogP contribution is -2.08. The monoisotopic (exact) mass is 160 g/mol. The molecule has 0 saturated heterocycles. The molecule has 0 heterocycles. The Labute approximate surface area is 72.5 Å². The Morgan fingerprint density at radius 3 is 2.83 bits per heavy atom. The number of hydrogen-bond donors (Lipinski definition) is 1. The molecule has 0 saturated carbocycles. The summed E-state index contributed by atoms with van der Waals surface area (Å²) >= 11 is 0. The Kier molecular flexibility index (Phi) is 3.20. The van der Waals surface area contributed by atoms with Crippen molar-refractivity contribution in [3.63, 3.8) is 0 Å². The summed E-state index contributed by atoms with van der Waals surface area (Å²) in [5, 5.41) is 7.48. The van der Waals surface area contributed by atoms with E-state index in [-0.39, 0.29) is 0 Å².